The predicted molar refractivity (Wildman–Crippen MR) is 158 cm³/mol. The van der Waals surface area contributed by atoms with Crippen molar-refractivity contribution in [2.45, 2.75) is 6.42 Å². The van der Waals surface area contributed by atoms with Crippen LogP contribution in [0.15, 0.2) is 93.9 Å². The normalized spacial score (nSPS) is 10.5. The molecular weight excluding hydrogens is 634 g/mol. The number of rotatable bonds is 8. The molecule has 7 nitrogen and oxygen atoms in total. The van der Waals surface area contributed by atoms with Crippen molar-refractivity contribution in [3.05, 3.63) is 105 Å². The monoisotopic (exact) mass is 655 g/mol. The van der Waals surface area contributed by atoms with Gasteiger partial charge in [0.15, 0.2) is 11.7 Å². The molecule has 0 unspecified atom stereocenters. The Morgan fingerprint density at radius 1 is 0.842 bits per heavy atom. The lowest BCUT2D eigenvalue weighted by Gasteiger charge is -2.13. The van der Waals surface area contributed by atoms with Gasteiger partial charge in [-0.05, 0) is 80.9 Å². The summed E-state index contributed by atoms with van der Waals surface area (Å²) in [7, 11) is 0. The smallest absolute Gasteiger partial charge is 0.276 e. The summed E-state index contributed by atoms with van der Waals surface area (Å²) in [6.07, 6.45) is 0.754. The van der Waals surface area contributed by atoms with Gasteiger partial charge in [0, 0.05) is 16.5 Å². The summed E-state index contributed by atoms with van der Waals surface area (Å²) in [4.78, 5) is 24.8. The van der Waals surface area contributed by atoms with Crippen molar-refractivity contribution in [2.24, 2.45) is 0 Å². The van der Waals surface area contributed by atoms with Crippen LogP contribution in [0.1, 0.15) is 15.9 Å². The van der Waals surface area contributed by atoms with Crippen molar-refractivity contribution in [2.75, 3.05) is 13.2 Å². The van der Waals surface area contributed by atoms with E-state index < -0.39 is 11.8 Å². The standard InChI is InChI=1S/C28H23Br2N3O4S/c29-21-10-11-23-19(15-21)9-12-24(26(23)30)37-17-25(34)32-33-28(38)31-27(35)20-7-4-8-22(16-20)36-14-13-18-5-2-1-3-6-18/h1-12,15-16H,13-14,17H2,(H,32,34)(H2,31,33,35,38). The summed E-state index contributed by atoms with van der Waals surface area (Å²) in [6.45, 7) is 0.225. The minimum Gasteiger partial charge on any atom is -0.493 e. The maximum atomic E-state index is 12.6. The van der Waals surface area contributed by atoms with Crippen molar-refractivity contribution >= 4 is 71.8 Å². The lowest BCUT2D eigenvalue weighted by Crippen LogP contribution is -2.49. The number of thiocarbonyl (C=S) groups is 1. The molecule has 0 aliphatic carbocycles. The molecule has 0 atom stereocenters. The predicted octanol–water partition coefficient (Wildman–Crippen LogP) is 5.70. The van der Waals surface area contributed by atoms with Crippen LogP contribution in [0.2, 0.25) is 0 Å². The van der Waals surface area contributed by atoms with Gasteiger partial charge in [0.1, 0.15) is 11.5 Å². The van der Waals surface area contributed by atoms with Gasteiger partial charge in [-0.3, -0.25) is 25.8 Å². The first-order valence-electron chi connectivity index (χ1n) is 11.6. The highest BCUT2D eigenvalue weighted by atomic mass is 79.9. The molecule has 4 aromatic rings. The number of amides is 2. The fourth-order valence-corrected chi connectivity index (χ4v) is 4.66. The van der Waals surface area contributed by atoms with Crippen LogP contribution in [0.3, 0.4) is 0 Å². The number of carbonyl (C=O) groups is 2. The lowest BCUT2D eigenvalue weighted by atomic mass is 10.1. The van der Waals surface area contributed by atoms with Gasteiger partial charge < -0.3 is 9.47 Å². The minimum atomic E-state index is -0.474. The molecular formula is C28H23Br2N3O4S. The zero-order chi connectivity index (χ0) is 26.9. The second-order valence-corrected chi connectivity index (χ2v) is 10.2. The highest BCUT2D eigenvalue weighted by molar-refractivity contribution is 9.11. The number of benzene rings is 4. The molecule has 0 heterocycles. The van der Waals surface area contributed by atoms with Crippen LogP contribution in [0.25, 0.3) is 10.8 Å². The number of carbonyl (C=O) groups excluding carboxylic acids is 2. The van der Waals surface area contributed by atoms with Crippen LogP contribution >= 0.6 is 44.1 Å². The number of nitrogens with one attached hydrogen (secondary N) is 3. The summed E-state index contributed by atoms with van der Waals surface area (Å²) in [5, 5.41) is 4.45. The number of halogens is 2. The Balaban J connectivity index is 1.21. The van der Waals surface area contributed by atoms with Crippen molar-refractivity contribution in [1.29, 1.82) is 0 Å². The zero-order valence-electron chi connectivity index (χ0n) is 20.0. The second-order valence-electron chi connectivity index (χ2n) is 8.10. The first-order valence-corrected chi connectivity index (χ1v) is 13.6. The third kappa shape index (κ3) is 7.77. The summed E-state index contributed by atoms with van der Waals surface area (Å²) >= 11 is 12.1. The molecule has 0 radical (unpaired) electrons. The van der Waals surface area contributed by atoms with E-state index in [0.717, 1.165) is 26.1 Å². The Morgan fingerprint density at radius 2 is 1.66 bits per heavy atom. The van der Waals surface area contributed by atoms with E-state index in [9.17, 15) is 9.59 Å². The SMILES string of the molecule is O=C(COc1ccc2cc(Br)ccc2c1Br)NNC(=S)NC(=O)c1cccc(OCCc2ccccc2)c1. The Labute approximate surface area is 242 Å². The van der Waals surface area contributed by atoms with Crippen LogP contribution in [0.5, 0.6) is 11.5 Å². The van der Waals surface area contributed by atoms with Crippen molar-refractivity contribution < 1.29 is 19.1 Å². The Morgan fingerprint density at radius 3 is 2.47 bits per heavy atom. The molecule has 3 N–H and O–H groups in total. The highest BCUT2D eigenvalue weighted by Crippen LogP contribution is 2.34. The zero-order valence-corrected chi connectivity index (χ0v) is 24.0. The quantitative estimate of drug-likeness (QED) is 0.167. The van der Waals surface area contributed by atoms with E-state index in [4.69, 9.17) is 21.7 Å². The molecule has 4 rings (SSSR count). The fourth-order valence-electron chi connectivity index (χ4n) is 3.53. The van der Waals surface area contributed by atoms with Crippen LogP contribution < -0.4 is 25.6 Å². The summed E-state index contributed by atoms with van der Waals surface area (Å²) in [5.74, 6) is 0.188. The molecule has 194 valence electrons. The van der Waals surface area contributed by atoms with E-state index in [-0.39, 0.29) is 11.7 Å². The average molecular weight is 657 g/mol. The fraction of sp³-hybridized carbons (Fsp3) is 0.107. The highest BCUT2D eigenvalue weighted by Gasteiger charge is 2.12. The topological polar surface area (TPSA) is 88.7 Å². The molecule has 0 bridgehead atoms. The molecule has 38 heavy (non-hydrogen) atoms. The molecule has 0 spiro atoms. The van der Waals surface area contributed by atoms with E-state index in [1.807, 2.05) is 54.6 Å². The largest absolute Gasteiger partial charge is 0.493 e. The maximum absolute atomic E-state index is 12.6. The molecule has 0 aromatic heterocycles. The summed E-state index contributed by atoms with van der Waals surface area (Å²) in [5.41, 5.74) is 6.46. The summed E-state index contributed by atoms with van der Waals surface area (Å²) in [6, 6.07) is 26.4. The van der Waals surface area contributed by atoms with Gasteiger partial charge in [-0.15, -0.1) is 0 Å². The molecule has 4 aromatic carbocycles. The molecule has 10 heteroatoms. The molecule has 0 saturated heterocycles. The third-order valence-corrected chi connectivity index (χ3v) is 6.90. The van der Waals surface area contributed by atoms with Gasteiger partial charge in [-0.1, -0.05) is 64.5 Å². The number of hydrogen-bond acceptors (Lipinski definition) is 5. The first-order chi connectivity index (χ1) is 18.4. The Hall–Kier alpha value is -3.47. The molecule has 2 amide bonds. The Bertz CT molecular complexity index is 1470. The minimum absolute atomic E-state index is 0.0591. The molecule has 0 aliphatic heterocycles. The molecule has 0 fully saturated rings. The van der Waals surface area contributed by atoms with Crippen LogP contribution in [-0.4, -0.2) is 30.1 Å². The third-order valence-electron chi connectivity index (χ3n) is 5.38. The van der Waals surface area contributed by atoms with Gasteiger partial charge in [0.05, 0.1) is 11.1 Å². The number of ether oxygens (including phenoxy) is 2. The van der Waals surface area contributed by atoms with Gasteiger partial charge in [-0.2, -0.15) is 0 Å². The first kappa shape index (κ1) is 27.6. The molecule has 0 saturated carbocycles. The van der Waals surface area contributed by atoms with Gasteiger partial charge in [0.25, 0.3) is 11.8 Å². The Kier molecular flexibility index (Phi) is 9.69. The number of fused-ring (bicyclic) bond motifs is 1. The average Bonchev–Trinajstić information content (AvgIpc) is 2.92. The number of hydrazine groups is 1. The van der Waals surface area contributed by atoms with E-state index in [1.165, 1.54) is 5.56 Å². The van der Waals surface area contributed by atoms with Gasteiger partial charge in [-0.25, -0.2) is 0 Å². The van der Waals surface area contributed by atoms with Gasteiger partial charge >= 0.3 is 0 Å². The van der Waals surface area contributed by atoms with Crippen LogP contribution in [-0.2, 0) is 11.2 Å². The van der Waals surface area contributed by atoms with Crippen molar-refractivity contribution in [3.8, 4) is 11.5 Å². The van der Waals surface area contributed by atoms with E-state index in [0.29, 0.717) is 23.7 Å². The van der Waals surface area contributed by atoms with Gasteiger partial charge in [0.2, 0.25) is 0 Å². The lowest BCUT2D eigenvalue weighted by molar-refractivity contribution is -0.123. The van der Waals surface area contributed by atoms with Crippen LogP contribution in [0.4, 0.5) is 0 Å². The summed E-state index contributed by atoms with van der Waals surface area (Å²) < 4.78 is 13.1. The van der Waals surface area contributed by atoms with E-state index in [2.05, 4.69) is 48.0 Å². The maximum Gasteiger partial charge on any atom is 0.276 e. The molecule has 0 aliphatic rings. The van der Waals surface area contributed by atoms with E-state index in [1.54, 1.807) is 30.3 Å². The van der Waals surface area contributed by atoms with Crippen molar-refractivity contribution in [1.82, 2.24) is 16.2 Å². The number of hydrogen-bond donors (Lipinski definition) is 3. The van der Waals surface area contributed by atoms with Crippen LogP contribution in [0, 0.1) is 0 Å². The van der Waals surface area contributed by atoms with E-state index >= 15 is 0 Å². The van der Waals surface area contributed by atoms with Crippen molar-refractivity contribution in [3.63, 3.8) is 0 Å². The second kappa shape index (κ2) is 13.4.